The van der Waals surface area contributed by atoms with Crippen molar-refractivity contribution >= 4 is 11.8 Å². The van der Waals surface area contributed by atoms with Crippen molar-refractivity contribution in [2.75, 3.05) is 24.6 Å². The second-order valence-electron chi connectivity index (χ2n) is 4.47. The fraction of sp³-hybridized carbons (Fsp3) is 0.727. The Hall–Kier alpha value is -0.520. The molecule has 0 bridgehead atoms. The molecule has 1 fully saturated rings. The van der Waals surface area contributed by atoms with Crippen LogP contribution in [0, 0.1) is 0 Å². The first-order valence-electron chi connectivity index (χ1n) is 5.72. The lowest BCUT2D eigenvalue weighted by molar-refractivity contribution is 0.219. The number of aryl methyl sites for hydroxylation is 1. The Balaban J connectivity index is 1.93. The Kier molecular flexibility index (Phi) is 3.89. The van der Waals surface area contributed by atoms with Crippen molar-refractivity contribution in [3.8, 4) is 0 Å². The zero-order valence-corrected chi connectivity index (χ0v) is 10.8. The Bertz CT molecular complexity index is 338. The monoisotopic (exact) mass is 240 g/mol. The van der Waals surface area contributed by atoms with Crippen LogP contribution in [0.25, 0.3) is 0 Å². The Labute approximate surface area is 101 Å². The molecule has 2 N–H and O–H groups in total. The zero-order chi connectivity index (χ0) is 11.5. The van der Waals surface area contributed by atoms with Gasteiger partial charge in [0.15, 0.2) is 0 Å². The summed E-state index contributed by atoms with van der Waals surface area (Å²) in [4.78, 5) is 2.48. The van der Waals surface area contributed by atoms with Crippen LogP contribution < -0.4 is 5.73 Å². The van der Waals surface area contributed by atoms with Gasteiger partial charge in [0.25, 0.3) is 0 Å². The lowest BCUT2D eigenvalue weighted by Gasteiger charge is -2.34. The molecule has 0 aromatic carbocycles. The first-order valence-corrected chi connectivity index (χ1v) is 6.88. The van der Waals surface area contributed by atoms with Gasteiger partial charge < -0.3 is 5.73 Å². The van der Waals surface area contributed by atoms with E-state index in [-0.39, 0.29) is 6.04 Å². The first-order chi connectivity index (χ1) is 7.66. The standard InChI is InChI=1S/C11H20N4S/c1-9-8-16-4-3-15(9)7-11(12)10-5-13-14(2)6-10/h5-6,9,11H,3-4,7-8,12H2,1-2H3. The van der Waals surface area contributed by atoms with Gasteiger partial charge in [-0.05, 0) is 6.92 Å². The van der Waals surface area contributed by atoms with Gasteiger partial charge in [-0.25, -0.2) is 0 Å². The molecule has 0 amide bonds. The maximum absolute atomic E-state index is 6.20. The molecule has 0 spiro atoms. The molecule has 2 atom stereocenters. The SMILES string of the molecule is CC1CSCCN1CC(N)c1cnn(C)c1. The summed E-state index contributed by atoms with van der Waals surface area (Å²) >= 11 is 2.03. The molecule has 1 aliphatic rings. The highest BCUT2D eigenvalue weighted by atomic mass is 32.2. The number of nitrogens with zero attached hydrogens (tertiary/aromatic N) is 3. The van der Waals surface area contributed by atoms with Crippen LogP contribution >= 0.6 is 11.8 Å². The van der Waals surface area contributed by atoms with Gasteiger partial charge in [0.2, 0.25) is 0 Å². The summed E-state index contributed by atoms with van der Waals surface area (Å²) in [6.07, 6.45) is 3.88. The molecule has 1 aromatic rings. The topological polar surface area (TPSA) is 47.1 Å². The Morgan fingerprint density at radius 2 is 2.50 bits per heavy atom. The van der Waals surface area contributed by atoms with E-state index in [0.29, 0.717) is 6.04 Å². The predicted molar refractivity (Wildman–Crippen MR) is 68.5 cm³/mol. The minimum atomic E-state index is 0.0826. The fourth-order valence-electron chi connectivity index (χ4n) is 2.02. The van der Waals surface area contributed by atoms with E-state index < -0.39 is 0 Å². The first kappa shape index (κ1) is 12.0. The number of hydrogen-bond acceptors (Lipinski definition) is 4. The van der Waals surface area contributed by atoms with Gasteiger partial charge in [0, 0.05) is 55.5 Å². The number of hydrogen-bond donors (Lipinski definition) is 1. The number of aromatic nitrogens is 2. The molecule has 16 heavy (non-hydrogen) atoms. The molecule has 0 saturated carbocycles. The van der Waals surface area contributed by atoms with Crippen LogP contribution in [0.15, 0.2) is 12.4 Å². The van der Waals surface area contributed by atoms with Crippen molar-refractivity contribution < 1.29 is 0 Å². The molecule has 2 unspecified atom stereocenters. The lowest BCUT2D eigenvalue weighted by Crippen LogP contribution is -2.43. The van der Waals surface area contributed by atoms with E-state index in [2.05, 4.69) is 16.9 Å². The van der Waals surface area contributed by atoms with Crippen molar-refractivity contribution in [2.45, 2.75) is 19.0 Å². The van der Waals surface area contributed by atoms with Crippen LogP contribution in [0.2, 0.25) is 0 Å². The second kappa shape index (κ2) is 5.21. The lowest BCUT2D eigenvalue weighted by atomic mass is 10.1. The van der Waals surface area contributed by atoms with Crippen LogP contribution in [0.1, 0.15) is 18.5 Å². The third-order valence-corrected chi connectivity index (χ3v) is 4.28. The highest BCUT2D eigenvalue weighted by molar-refractivity contribution is 7.99. The van der Waals surface area contributed by atoms with E-state index in [1.54, 1.807) is 0 Å². The molecule has 0 aliphatic carbocycles. The summed E-state index contributed by atoms with van der Waals surface area (Å²) < 4.78 is 1.81. The van der Waals surface area contributed by atoms with Gasteiger partial charge in [-0.2, -0.15) is 16.9 Å². The Morgan fingerprint density at radius 3 is 3.12 bits per heavy atom. The van der Waals surface area contributed by atoms with E-state index >= 15 is 0 Å². The maximum Gasteiger partial charge on any atom is 0.0537 e. The summed E-state index contributed by atoms with van der Waals surface area (Å²) in [5, 5.41) is 4.16. The second-order valence-corrected chi connectivity index (χ2v) is 5.62. The maximum atomic E-state index is 6.20. The average molecular weight is 240 g/mol. The zero-order valence-electron chi connectivity index (χ0n) is 9.97. The molecular formula is C11H20N4S. The minimum absolute atomic E-state index is 0.0826. The van der Waals surface area contributed by atoms with Gasteiger partial charge in [-0.15, -0.1) is 0 Å². The molecule has 0 radical (unpaired) electrons. The molecule has 1 aromatic heterocycles. The van der Waals surface area contributed by atoms with Crippen molar-refractivity contribution in [2.24, 2.45) is 12.8 Å². The van der Waals surface area contributed by atoms with E-state index in [1.165, 1.54) is 11.5 Å². The Morgan fingerprint density at radius 1 is 1.69 bits per heavy atom. The van der Waals surface area contributed by atoms with Gasteiger partial charge in [0.05, 0.1) is 6.20 Å². The van der Waals surface area contributed by atoms with Crippen molar-refractivity contribution in [1.29, 1.82) is 0 Å². The van der Waals surface area contributed by atoms with Crippen LogP contribution in [-0.2, 0) is 7.05 Å². The van der Waals surface area contributed by atoms with Crippen molar-refractivity contribution in [1.82, 2.24) is 14.7 Å². The fourth-order valence-corrected chi connectivity index (χ4v) is 3.10. The number of thioether (sulfide) groups is 1. The van der Waals surface area contributed by atoms with Gasteiger partial charge in [-0.1, -0.05) is 0 Å². The molecule has 1 saturated heterocycles. The number of nitrogens with two attached hydrogens (primary N) is 1. The quantitative estimate of drug-likeness (QED) is 0.851. The van der Waals surface area contributed by atoms with E-state index in [4.69, 9.17) is 5.73 Å². The summed E-state index contributed by atoms with van der Waals surface area (Å²) in [5.74, 6) is 2.45. The van der Waals surface area contributed by atoms with Crippen LogP contribution in [0.5, 0.6) is 0 Å². The van der Waals surface area contributed by atoms with Crippen LogP contribution in [0.3, 0.4) is 0 Å². The van der Waals surface area contributed by atoms with Gasteiger partial charge >= 0.3 is 0 Å². The predicted octanol–water partition coefficient (Wildman–Crippen LogP) is 0.857. The van der Waals surface area contributed by atoms with Gasteiger partial charge in [-0.3, -0.25) is 9.58 Å². The van der Waals surface area contributed by atoms with Crippen molar-refractivity contribution in [3.05, 3.63) is 18.0 Å². The third kappa shape index (κ3) is 2.78. The summed E-state index contributed by atoms with van der Waals surface area (Å²) in [6, 6.07) is 0.723. The molecular weight excluding hydrogens is 220 g/mol. The van der Waals surface area contributed by atoms with Crippen LogP contribution in [0.4, 0.5) is 0 Å². The van der Waals surface area contributed by atoms with Crippen molar-refractivity contribution in [3.63, 3.8) is 0 Å². The van der Waals surface area contributed by atoms with E-state index in [0.717, 1.165) is 18.7 Å². The molecule has 2 heterocycles. The highest BCUT2D eigenvalue weighted by Crippen LogP contribution is 2.19. The normalized spacial score (nSPS) is 24.6. The smallest absolute Gasteiger partial charge is 0.0537 e. The largest absolute Gasteiger partial charge is 0.323 e. The van der Waals surface area contributed by atoms with Crippen LogP contribution in [-0.4, -0.2) is 45.3 Å². The van der Waals surface area contributed by atoms with Gasteiger partial charge in [0.1, 0.15) is 0 Å². The molecule has 5 heteroatoms. The molecule has 2 rings (SSSR count). The third-order valence-electron chi connectivity index (χ3n) is 3.09. The number of rotatable bonds is 3. The van der Waals surface area contributed by atoms with E-state index in [1.807, 2.05) is 35.9 Å². The highest BCUT2D eigenvalue weighted by Gasteiger charge is 2.21. The molecule has 4 nitrogen and oxygen atoms in total. The molecule has 90 valence electrons. The minimum Gasteiger partial charge on any atom is -0.323 e. The van der Waals surface area contributed by atoms with E-state index in [9.17, 15) is 0 Å². The summed E-state index contributed by atoms with van der Waals surface area (Å²) in [5.41, 5.74) is 7.33. The molecule has 1 aliphatic heterocycles. The summed E-state index contributed by atoms with van der Waals surface area (Å²) in [6.45, 7) is 4.37. The average Bonchev–Trinajstić information content (AvgIpc) is 2.68. The summed E-state index contributed by atoms with van der Waals surface area (Å²) in [7, 11) is 1.93.